The molecule has 0 aliphatic heterocycles. The Balaban J connectivity index is 2.49. The van der Waals surface area contributed by atoms with E-state index >= 15 is 0 Å². The molecule has 0 saturated heterocycles. The normalized spacial score (nSPS) is 12.4. The van der Waals surface area contributed by atoms with Crippen LogP contribution in [0.15, 0.2) is 18.3 Å². The maximum atomic E-state index is 5.37. The van der Waals surface area contributed by atoms with Gasteiger partial charge in [0.25, 0.3) is 0 Å². The lowest BCUT2D eigenvalue weighted by molar-refractivity contribution is 0.565. The van der Waals surface area contributed by atoms with Crippen molar-refractivity contribution in [1.29, 1.82) is 0 Å². The number of aromatic nitrogens is 1. The first-order valence-corrected chi connectivity index (χ1v) is 5.15. The number of nitrogens with zero attached hydrogens (tertiary/aromatic N) is 1. The predicted molar refractivity (Wildman–Crippen MR) is 59.9 cm³/mol. The Morgan fingerprint density at radius 3 is 2.93 bits per heavy atom. The molecule has 1 rings (SSSR count). The molecule has 0 bridgehead atoms. The fraction of sp³-hybridized carbons (Fsp3) is 0.500. The largest absolute Gasteiger partial charge is 0.351 e. The number of terminal acetylenes is 1. The van der Waals surface area contributed by atoms with Gasteiger partial charge in [0, 0.05) is 25.0 Å². The molecule has 0 aliphatic rings. The molecule has 1 N–H and O–H groups in total. The molecular formula is C12H18N2. The van der Waals surface area contributed by atoms with E-state index in [-0.39, 0.29) is 6.04 Å². The third-order valence-corrected chi connectivity index (χ3v) is 2.40. The van der Waals surface area contributed by atoms with Crippen molar-refractivity contribution in [3.8, 4) is 12.3 Å². The summed E-state index contributed by atoms with van der Waals surface area (Å²) in [7, 11) is 0. The van der Waals surface area contributed by atoms with Crippen molar-refractivity contribution in [3.05, 3.63) is 24.0 Å². The van der Waals surface area contributed by atoms with Crippen LogP contribution in [0.4, 0.5) is 0 Å². The van der Waals surface area contributed by atoms with E-state index in [0.29, 0.717) is 0 Å². The number of rotatable bonds is 5. The topological polar surface area (TPSA) is 17.0 Å². The van der Waals surface area contributed by atoms with E-state index in [1.807, 2.05) is 0 Å². The first-order chi connectivity index (χ1) is 6.81. The minimum Gasteiger partial charge on any atom is -0.351 e. The molecule has 1 aromatic heterocycles. The summed E-state index contributed by atoms with van der Waals surface area (Å²) in [5.41, 5.74) is 1.29. The highest BCUT2D eigenvalue weighted by molar-refractivity contribution is 5.08. The van der Waals surface area contributed by atoms with E-state index in [2.05, 4.69) is 48.0 Å². The van der Waals surface area contributed by atoms with Gasteiger partial charge in [-0.05, 0) is 25.5 Å². The van der Waals surface area contributed by atoms with Crippen molar-refractivity contribution in [2.45, 2.75) is 39.4 Å². The maximum Gasteiger partial charge on any atom is 0.0687 e. The predicted octanol–water partition coefficient (Wildman–Crippen LogP) is 2.01. The molecule has 1 heterocycles. The molecule has 76 valence electrons. The zero-order valence-electron chi connectivity index (χ0n) is 8.96. The third-order valence-electron chi connectivity index (χ3n) is 2.40. The Hall–Kier alpha value is -1.20. The minimum absolute atomic E-state index is 0.190. The van der Waals surface area contributed by atoms with Crippen LogP contribution in [0.3, 0.4) is 0 Å². The zero-order valence-corrected chi connectivity index (χ0v) is 8.96. The van der Waals surface area contributed by atoms with Crippen LogP contribution in [-0.2, 0) is 13.1 Å². The number of hydrogen-bond acceptors (Lipinski definition) is 1. The van der Waals surface area contributed by atoms with E-state index in [4.69, 9.17) is 6.42 Å². The van der Waals surface area contributed by atoms with Crippen molar-refractivity contribution in [2.75, 3.05) is 0 Å². The average Bonchev–Trinajstić information content (AvgIpc) is 2.67. The minimum atomic E-state index is 0.190. The first-order valence-electron chi connectivity index (χ1n) is 5.15. The summed E-state index contributed by atoms with van der Waals surface area (Å²) < 4.78 is 2.22. The molecule has 1 atom stereocenters. The Kier molecular flexibility index (Phi) is 4.28. The molecule has 14 heavy (non-hydrogen) atoms. The molecule has 0 fully saturated rings. The molecular weight excluding hydrogens is 172 g/mol. The van der Waals surface area contributed by atoms with Gasteiger partial charge in [0.15, 0.2) is 0 Å². The summed E-state index contributed by atoms with van der Waals surface area (Å²) in [6, 6.07) is 4.38. The highest BCUT2D eigenvalue weighted by Gasteiger charge is 2.02. The van der Waals surface area contributed by atoms with Gasteiger partial charge in [-0.25, -0.2) is 0 Å². The summed E-state index contributed by atoms with van der Waals surface area (Å²) in [5, 5.41) is 3.34. The molecule has 2 nitrogen and oxygen atoms in total. The monoisotopic (exact) mass is 190 g/mol. The standard InChI is InChI=1S/C12H18N2/c1-4-11(5-2)13-10-12-8-7-9-14(12)6-3/h1,7-9,11,13H,5-6,10H2,2-3H3. The molecule has 0 spiro atoms. The summed E-state index contributed by atoms with van der Waals surface area (Å²) >= 11 is 0. The van der Waals surface area contributed by atoms with Crippen molar-refractivity contribution >= 4 is 0 Å². The summed E-state index contributed by atoms with van der Waals surface area (Å²) in [4.78, 5) is 0. The van der Waals surface area contributed by atoms with Crippen LogP contribution in [0.1, 0.15) is 26.0 Å². The second-order valence-corrected chi connectivity index (χ2v) is 3.29. The Labute approximate surface area is 86.3 Å². The maximum absolute atomic E-state index is 5.37. The van der Waals surface area contributed by atoms with E-state index in [1.54, 1.807) is 0 Å². The molecule has 0 amide bonds. The highest BCUT2D eigenvalue weighted by atomic mass is 15.0. The third kappa shape index (κ3) is 2.65. The zero-order chi connectivity index (χ0) is 10.4. The van der Waals surface area contributed by atoms with Crippen molar-refractivity contribution in [3.63, 3.8) is 0 Å². The highest BCUT2D eigenvalue weighted by Crippen LogP contribution is 2.02. The van der Waals surface area contributed by atoms with Crippen molar-refractivity contribution in [1.82, 2.24) is 9.88 Å². The second-order valence-electron chi connectivity index (χ2n) is 3.29. The number of hydrogen-bond donors (Lipinski definition) is 1. The second kappa shape index (κ2) is 5.51. The van der Waals surface area contributed by atoms with Crippen LogP contribution in [0, 0.1) is 12.3 Å². The molecule has 0 aliphatic carbocycles. The van der Waals surface area contributed by atoms with Gasteiger partial charge in [0.1, 0.15) is 0 Å². The Bertz CT molecular complexity index is 306. The Morgan fingerprint density at radius 1 is 1.57 bits per heavy atom. The van der Waals surface area contributed by atoms with Gasteiger partial charge < -0.3 is 4.57 Å². The Morgan fingerprint density at radius 2 is 2.36 bits per heavy atom. The van der Waals surface area contributed by atoms with Crippen LogP contribution >= 0.6 is 0 Å². The molecule has 2 heteroatoms. The van der Waals surface area contributed by atoms with E-state index in [1.165, 1.54) is 5.69 Å². The van der Waals surface area contributed by atoms with Crippen LogP contribution in [-0.4, -0.2) is 10.6 Å². The van der Waals surface area contributed by atoms with Gasteiger partial charge in [-0.15, -0.1) is 6.42 Å². The average molecular weight is 190 g/mol. The quantitative estimate of drug-likeness (QED) is 0.703. The van der Waals surface area contributed by atoms with Crippen LogP contribution in [0.2, 0.25) is 0 Å². The van der Waals surface area contributed by atoms with Crippen LogP contribution < -0.4 is 5.32 Å². The van der Waals surface area contributed by atoms with Gasteiger partial charge >= 0.3 is 0 Å². The van der Waals surface area contributed by atoms with Gasteiger partial charge in [0.2, 0.25) is 0 Å². The van der Waals surface area contributed by atoms with Gasteiger partial charge in [-0.1, -0.05) is 12.8 Å². The van der Waals surface area contributed by atoms with E-state index in [9.17, 15) is 0 Å². The van der Waals surface area contributed by atoms with Gasteiger partial charge in [0.05, 0.1) is 6.04 Å². The van der Waals surface area contributed by atoms with Gasteiger partial charge in [-0.2, -0.15) is 0 Å². The van der Waals surface area contributed by atoms with E-state index < -0.39 is 0 Å². The smallest absolute Gasteiger partial charge is 0.0687 e. The lowest BCUT2D eigenvalue weighted by Gasteiger charge is -2.12. The molecule has 0 radical (unpaired) electrons. The molecule has 1 aromatic rings. The molecule has 0 saturated carbocycles. The number of nitrogens with one attached hydrogen (secondary N) is 1. The fourth-order valence-electron chi connectivity index (χ4n) is 1.47. The van der Waals surface area contributed by atoms with E-state index in [0.717, 1.165) is 19.5 Å². The lowest BCUT2D eigenvalue weighted by Crippen LogP contribution is -2.27. The van der Waals surface area contributed by atoms with Crippen LogP contribution in [0.5, 0.6) is 0 Å². The van der Waals surface area contributed by atoms with Crippen molar-refractivity contribution in [2.24, 2.45) is 0 Å². The summed E-state index contributed by atoms with van der Waals surface area (Å²) in [6.07, 6.45) is 8.44. The van der Waals surface area contributed by atoms with Crippen LogP contribution in [0.25, 0.3) is 0 Å². The first kappa shape index (κ1) is 10.9. The molecule has 1 unspecified atom stereocenters. The summed E-state index contributed by atoms with van der Waals surface area (Å²) in [6.45, 7) is 6.10. The lowest BCUT2D eigenvalue weighted by atomic mass is 10.2. The van der Waals surface area contributed by atoms with Gasteiger partial charge in [-0.3, -0.25) is 5.32 Å². The van der Waals surface area contributed by atoms with Crippen molar-refractivity contribution < 1.29 is 0 Å². The summed E-state index contributed by atoms with van der Waals surface area (Å²) in [5.74, 6) is 2.73. The fourth-order valence-corrected chi connectivity index (χ4v) is 1.47. The SMILES string of the molecule is C#CC(CC)NCc1cccn1CC. The molecule has 0 aromatic carbocycles. The number of aryl methyl sites for hydroxylation is 1.